The number of ether oxygens (including phenoxy) is 2. The van der Waals surface area contributed by atoms with Crippen molar-refractivity contribution in [2.75, 3.05) is 13.9 Å². The first-order chi connectivity index (χ1) is 10.6. The summed E-state index contributed by atoms with van der Waals surface area (Å²) in [6.07, 6.45) is 2.82. The molecule has 0 aliphatic carbocycles. The van der Waals surface area contributed by atoms with E-state index < -0.39 is 5.82 Å². The van der Waals surface area contributed by atoms with Crippen molar-refractivity contribution in [1.29, 1.82) is 0 Å². The van der Waals surface area contributed by atoms with E-state index in [0.717, 1.165) is 11.8 Å². The Balaban J connectivity index is 2.23. The van der Waals surface area contributed by atoms with Crippen LogP contribution in [0.5, 0.6) is 5.75 Å². The monoisotopic (exact) mass is 301 g/mol. The minimum atomic E-state index is -0.435. The standard InChI is InChI=1S/C17H16FNO3/c1-3-12-4-7-15(17(8-12)22-11-21-2)16(20)9-14-6-5-13(18)10-19-14/h3-8,10H,1,9,11H2,2H3. The number of ketones is 1. The van der Waals surface area contributed by atoms with E-state index in [2.05, 4.69) is 11.6 Å². The van der Waals surface area contributed by atoms with E-state index in [4.69, 9.17) is 9.47 Å². The van der Waals surface area contributed by atoms with E-state index in [9.17, 15) is 9.18 Å². The number of carbonyl (C=O) groups is 1. The van der Waals surface area contributed by atoms with Crippen LogP contribution in [0.3, 0.4) is 0 Å². The van der Waals surface area contributed by atoms with Crippen molar-refractivity contribution < 1.29 is 18.7 Å². The van der Waals surface area contributed by atoms with Gasteiger partial charge in [0.15, 0.2) is 12.6 Å². The molecule has 2 rings (SSSR count). The quantitative estimate of drug-likeness (QED) is 0.582. The summed E-state index contributed by atoms with van der Waals surface area (Å²) in [5.41, 5.74) is 1.76. The Morgan fingerprint density at radius 3 is 2.82 bits per heavy atom. The molecule has 0 aliphatic rings. The number of methoxy groups -OCH3 is 1. The number of aromatic nitrogens is 1. The fourth-order valence-corrected chi connectivity index (χ4v) is 1.91. The van der Waals surface area contributed by atoms with Crippen molar-refractivity contribution in [1.82, 2.24) is 4.98 Å². The van der Waals surface area contributed by atoms with Crippen molar-refractivity contribution in [3.63, 3.8) is 0 Å². The van der Waals surface area contributed by atoms with Gasteiger partial charge in [-0.1, -0.05) is 18.7 Å². The average molecular weight is 301 g/mol. The molecule has 1 aromatic heterocycles. The number of halogens is 1. The van der Waals surface area contributed by atoms with Gasteiger partial charge in [0.05, 0.1) is 18.2 Å². The molecule has 0 amide bonds. The second-order valence-corrected chi connectivity index (χ2v) is 4.58. The maximum Gasteiger partial charge on any atom is 0.188 e. The molecular weight excluding hydrogens is 285 g/mol. The maximum absolute atomic E-state index is 12.8. The number of benzene rings is 1. The zero-order chi connectivity index (χ0) is 15.9. The molecule has 0 N–H and O–H groups in total. The highest BCUT2D eigenvalue weighted by atomic mass is 19.1. The summed E-state index contributed by atoms with van der Waals surface area (Å²) in [5, 5.41) is 0. The van der Waals surface area contributed by atoms with E-state index in [1.807, 2.05) is 0 Å². The molecule has 2 aromatic rings. The van der Waals surface area contributed by atoms with Crippen LogP contribution in [0.2, 0.25) is 0 Å². The molecule has 1 aromatic carbocycles. The van der Waals surface area contributed by atoms with E-state index in [-0.39, 0.29) is 19.0 Å². The fourth-order valence-electron chi connectivity index (χ4n) is 1.91. The molecule has 0 saturated heterocycles. The molecule has 0 aliphatic heterocycles. The van der Waals surface area contributed by atoms with Crippen molar-refractivity contribution in [2.24, 2.45) is 0 Å². The number of rotatable bonds is 7. The molecule has 0 saturated carbocycles. The molecule has 0 radical (unpaired) electrons. The molecule has 0 fully saturated rings. The summed E-state index contributed by atoms with van der Waals surface area (Å²) >= 11 is 0. The highest BCUT2D eigenvalue weighted by molar-refractivity contribution is 6.00. The predicted molar refractivity (Wildman–Crippen MR) is 81.3 cm³/mol. The zero-order valence-electron chi connectivity index (χ0n) is 12.2. The predicted octanol–water partition coefficient (Wildman–Crippen LogP) is 3.27. The average Bonchev–Trinajstić information content (AvgIpc) is 2.54. The summed E-state index contributed by atoms with van der Waals surface area (Å²) in [4.78, 5) is 16.3. The van der Waals surface area contributed by atoms with Crippen LogP contribution >= 0.6 is 0 Å². The van der Waals surface area contributed by atoms with Crippen molar-refractivity contribution in [3.05, 3.63) is 65.7 Å². The molecular formula is C17H16FNO3. The number of carbonyl (C=O) groups excluding carboxylic acids is 1. The van der Waals surface area contributed by atoms with E-state index in [1.54, 1.807) is 24.3 Å². The van der Waals surface area contributed by atoms with Crippen LogP contribution in [-0.2, 0) is 11.2 Å². The smallest absolute Gasteiger partial charge is 0.188 e. The molecule has 1 heterocycles. The van der Waals surface area contributed by atoms with Gasteiger partial charge in [-0.25, -0.2) is 4.39 Å². The summed E-state index contributed by atoms with van der Waals surface area (Å²) in [7, 11) is 1.50. The first kappa shape index (κ1) is 15.9. The molecule has 4 nitrogen and oxygen atoms in total. The van der Waals surface area contributed by atoms with Crippen LogP contribution < -0.4 is 4.74 Å². The summed E-state index contributed by atoms with van der Waals surface area (Å²) in [6.45, 7) is 3.72. The Kier molecular flexibility index (Phi) is 5.38. The summed E-state index contributed by atoms with van der Waals surface area (Å²) < 4.78 is 23.2. The first-order valence-electron chi connectivity index (χ1n) is 6.66. The highest BCUT2D eigenvalue weighted by Gasteiger charge is 2.14. The SMILES string of the molecule is C=Cc1ccc(C(=O)Cc2ccc(F)cn2)c(OCOC)c1. The summed E-state index contributed by atoms with van der Waals surface area (Å²) in [6, 6.07) is 7.93. The van der Waals surface area contributed by atoms with Crippen molar-refractivity contribution in [2.45, 2.75) is 6.42 Å². The third-order valence-corrected chi connectivity index (χ3v) is 3.00. The lowest BCUT2D eigenvalue weighted by atomic mass is 10.0. The van der Waals surface area contributed by atoms with Gasteiger partial charge in [-0.2, -0.15) is 0 Å². The number of pyridine rings is 1. The van der Waals surface area contributed by atoms with E-state index in [1.165, 1.54) is 19.2 Å². The molecule has 5 heteroatoms. The van der Waals surface area contributed by atoms with Crippen molar-refractivity contribution >= 4 is 11.9 Å². The molecule has 22 heavy (non-hydrogen) atoms. The lowest BCUT2D eigenvalue weighted by molar-refractivity contribution is 0.0502. The van der Waals surface area contributed by atoms with Gasteiger partial charge in [-0.15, -0.1) is 0 Å². The van der Waals surface area contributed by atoms with Gasteiger partial charge in [0.1, 0.15) is 11.6 Å². The first-order valence-corrected chi connectivity index (χ1v) is 6.66. The zero-order valence-corrected chi connectivity index (χ0v) is 12.2. The molecule has 114 valence electrons. The van der Waals surface area contributed by atoms with Crippen LogP contribution in [0, 0.1) is 5.82 Å². The van der Waals surface area contributed by atoms with Gasteiger partial charge in [0.2, 0.25) is 0 Å². The minimum Gasteiger partial charge on any atom is -0.467 e. The van der Waals surface area contributed by atoms with Crippen LogP contribution in [-0.4, -0.2) is 24.7 Å². The van der Waals surface area contributed by atoms with Gasteiger partial charge in [0, 0.05) is 12.8 Å². The molecule has 0 bridgehead atoms. The second-order valence-electron chi connectivity index (χ2n) is 4.58. The fraction of sp³-hybridized carbons (Fsp3) is 0.176. The maximum atomic E-state index is 12.8. The van der Waals surface area contributed by atoms with E-state index in [0.29, 0.717) is 17.0 Å². The number of hydrogen-bond acceptors (Lipinski definition) is 4. The molecule has 0 atom stereocenters. The van der Waals surface area contributed by atoms with Crippen LogP contribution in [0.25, 0.3) is 6.08 Å². The number of hydrogen-bond donors (Lipinski definition) is 0. The van der Waals surface area contributed by atoms with E-state index >= 15 is 0 Å². The van der Waals surface area contributed by atoms with Crippen molar-refractivity contribution in [3.8, 4) is 5.75 Å². The molecule has 0 unspecified atom stereocenters. The lowest BCUT2D eigenvalue weighted by Gasteiger charge is -2.11. The van der Waals surface area contributed by atoms with Gasteiger partial charge < -0.3 is 9.47 Å². The normalized spacial score (nSPS) is 10.3. The Hall–Kier alpha value is -2.53. The number of nitrogens with zero attached hydrogens (tertiary/aromatic N) is 1. The Morgan fingerprint density at radius 2 is 2.18 bits per heavy atom. The van der Waals surface area contributed by atoms with Crippen LogP contribution in [0.15, 0.2) is 43.1 Å². The van der Waals surface area contributed by atoms with Crippen LogP contribution in [0.1, 0.15) is 21.6 Å². The topological polar surface area (TPSA) is 48.4 Å². The van der Waals surface area contributed by atoms with Gasteiger partial charge >= 0.3 is 0 Å². The second kappa shape index (κ2) is 7.47. The Labute approximate surface area is 128 Å². The van der Waals surface area contributed by atoms with Gasteiger partial charge in [-0.05, 0) is 29.8 Å². The summed E-state index contributed by atoms with van der Waals surface area (Å²) in [5.74, 6) is -0.178. The Bertz CT molecular complexity index is 668. The number of Topliss-reactive ketones (excluding diaryl/α,β-unsaturated/α-hetero) is 1. The Morgan fingerprint density at radius 1 is 1.36 bits per heavy atom. The third-order valence-electron chi connectivity index (χ3n) is 3.00. The van der Waals surface area contributed by atoms with Gasteiger partial charge in [0.25, 0.3) is 0 Å². The van der Waals surface area contributed by atoms with Crippen LogP contribution in [0.4, 0.5) is 4.39 Å². The third kappa shape index (κ3) is 3.99. The highest BCUT2D eigenvalue weighted by Crippen LogP contribution is 2.23. The largest absolute Gasteiger partial charge is 0.467 e. The lowest BCUT2D eigenvalue weighted by Crippen LogP contribution is -2.09. The minimum absolute atomic E-state index is 0.0374. The van der Waals surface area contributed by atoms with Gasteiger partial charge in [-0.3, -0.25) is 9.78 Å². The molecule has 0 spiro atoms.